The summed E-state index contributed by atoms with van der Waals surface area (Å²) in [6, 6.07) is 11.1. The molecule has 0 saturated carbocycles. The number of amides is 1. The number of rotatable bonds is 5. The summed E-state index contributed by atoms with van der Waals surface area (Å²) in [5.41, 5.74) is 1.97. The summed E-state index contributed by atoms with van der Waals surface area (Å²) in [5.74, 6) is 0.0831. The first-order chi connectivity index (χ1) is 12.3. The molecule has 1 saturated heterocycles. The van der Waals surface area contributed by atoms with Gasteiger partial charge in [0.1, 0.15) is 5.69 Å². The smallest absolute Gasteiger partial charge is 0.270 e. The zero-order valence-electron chi connectivity index (χ0n) is 14.8. The lowest BCUT2D eigenvalue weighted by Gasteiger charge is -2.16. The molecule has 8 heteroatoms. The van der Waals surface area contributed by atoms with Gasteiger partial charge in [-0.05, 0) is 31.9 Å². The van der Waals surface area contributed by atoms with E-state index in [0.29, 0.717) is 18.1 Å². The molecule has 7 nitrogen and oxygen atoms in total. The van der Waals surface area contributed by atoms with Gasteiger partial charge in [-0.2, -0.15) is 0 Å². The van der Waals surface area contributed by atoms with Crippen molar-refractivity contribution in [3.8, 4) is 0 Å². The molecule has 1 aromatic carbocycles. The maximum atomic E-state index is 12.4. The number of carbonyl (C=O) groups excluding carboxylic acids is 1. The first-order valence-corrected chi connectivity index (χ1v) is 10.3. The van der Waals surface area contributed by atoms with Gasteiger partial charge in [-0.3, -0.25) is 4.79 Å². The minimum atomic E-state index is -3.05. The van der Waals surface area contributed by atoms with Gasteiger partial charge in [-0.1, -0.05) is 30.3 Å². The predicted octanol–water partition coefficient (Wildman–Crippen LogP) is 1.88. The Hall–Kier alpha value is -2.48. The van der Waals surface area contributed by atoms with Crippen LogP contribution in [-0.4, -0.2) is 41.8 Å². The maximum absolute atomic E-state index is 12.4. The molecule has 0 aliphatic carbocycles. The van der Waals surface area contributed by atoms with Crippen molar-refractivity contribution in [3.05, 3.63) is 53.3 Å². The van der Waals surface area contributed by atoms with Crippen LogP contribution in [0.2, 0.25) is 0 Å². The van der Waals surface area contributed by atoms with E-state index in [9.17, 15) is 13.2 Å². The molecule has 1 aliphatic heterocycles. The average molecular weight is 374 g/mol. The van der Waals surface area contributed by atoms with Crippen molar-refractivity contribution in [2.24, 2.45) is 0 Å². The van der Waals surface area contributed by atoms with E-state index in [2.05, 4.69) is 20.6 Å². The van der Waals surface area contributed by atoms with Crippen LogP contribution in [0.5, 0.6) is 0 Å². The molecule has 1 fully saturated rings. The largest absolute Gasteiger partial charge is 0.348 e. The van der Waals surface area contributed by atoms with Crippen LogP contribution in [0.3, 0.4) is 0 Å². The Bertz CT molecular complexity index is 900. The van der Waals surface area contributed by atoms with Crippen LogP contribution in [0.4, 0.5) is 5.95 Å². The summed E-state index contributed by atoms with van der Waals surface area (Å²) in [4.78, 5) is 21.1. The second-order valence-electron chi connectivity index (χ2n) is 6.57. The van der Waals surface area contributed by atoms with Crippen molar-refractivity contribution in [2.75, 3.05) is 16.8 Å². The van der Waals surface area contributed by atoms with E-state index in [1.54, 1.807) is 13.0 Å². The van der Waals surface area contributed by atoms with E-state index in [-0.39, 0.29) is 35.2 Å². The molecule has 1 aromatic heterocycles. The highest BCUT2D eigenvalue weighted by Crippen LogP contribution is 2.17. The van der Waals surface area contributed by atoms with Crippen molar-refractivity contribution in [1.82, 2.24) is 15.3 Å². The van der Waals surface area contributed by atoms with Crippen LogP contribution >= 0.6 is 0 Å². The Labute approximate surface area is 153 Å². The minimum Gasteiger partial charge on any atom is -0.348 e. The van der Waals surface area contributed by atoms with Crippen molar-refractivity contribution in [1.29, 1.82) is 0 Å². The van der Waals surface area contributed by atoms with Crippen molar-refractivity contribution in [2.45, 2.75) is 32.4 Å². The van der Waals surface area contributed by atoms with Gasteiger partial charge in [-0.25, -0.2) is 18.4 Å². The number of hydrogen-bond acceptors (Lipinski definition) is 6. The van der Waals surface area contributed by atoms with Gasteiger partial charge in [0.15, 0.2) is 9.84 Å². The first kappa shape index (κ1) is 18.3. The second-order valence-corrected chi connectivity index (χ2v) is 8.80. The molecule has 0 spiro atoms. The Morgan fingerprint density at radius 3 is 2.62 bits per heavy atom. The van der Waals surface area contributed by atoms with Crippen molar-refractivity contribution in [3.63, 3.8) is 0 Å². The van der Waals surface area contributed by atoms with Gasteiger partial charge in [0.05, 0.1) is 17.5 Å². The molecular weight excluding hydrogens is 352 g/mol. The number of anilines is 1. The third-order valence-electron chi connectivity index (χ3n) is 4.30. The summed E-state index contributed by atoms with van der Waals surface area (Å²) in [6.45, 7) is 3.78. The quantitative estimate of drug-likeness (QED) is 0.829. The molecule has 26 heavy (non-hydrogen) atoms. The Balaban J connectivity index is 1.72. The van der Waals surface area contributed by atoms with Gasteiger partial charge < -0.3 is 10.6 Å². The lowest BCUT2D eigenvalue weighted by Crippen LogP contribution is -2.36. The number of benzene rings is 1. The van der Waals surface area contributed by atoms with Crippen molar-refractivity contribution >= 4 is 21.7 Å². The van der Waals surface area contributed by atoms with Gasteiger partial charge in [0.25, 0.3) is 5.91 Å². The number of hydrogen-bond donors (Lipinski definition) is 2. The number of carbonyl (C=O) groups is 1. The number of nitrogens with one attached hydrogen (secondary N) is 2. The average Bonchev–Trinajstić information content (AvgIpc) is 2.93. The lowest BCUT2D eigenvalue weighted by molar-refractivity contribution is 0.0936. The predicted molar refractivity (Wildman–Crippen MR) is 99.8 cm³/mol. The van der Waals surface area contributed by atoms with Crippen molar-refractivity contribution < 1.29 is 13.2 Å². The molecule has 138 valence electrons. The molecule has 2 aromatic rings. The highest BCUT2D eigenvalue weighted by Gasteiger charge is 2.29. The van der Waals surface area contributed by atoms with Crippen LogP contribution in [0.25, 0.3) is 0 Å². The number of aromatic nitrogens is 2. The topological polar surface area (TPSA) is 101 Å². The molecule has 2 atom stereocenters. The van der Waals surface area contributed by atoms with Gasteiger partial charge in [0, 0.05) is 11.7 Å². The number of nitrogens with zero attached hydrogens (tertiary/aromatic N) is 2. The third kappa shape index (κ3) is 4.57. The van der Waals surface area contributed by atoms with Crippen LogP contribution in [0.1, 0.15) is 41.1 Å². The molecule has 2 unspecified atom stereocenters. The van der Waals surface area contributed by atoms with Gasteiger partial charge in [-0.15, -0.1) is 0 Å². The van der Waals surface area contributed by atoms with E-state index in [0.717, 1.165) is 5.56 Å². The summed E-state index contributed by atoms with van der Waals surface area (Å²) < 4.78 is 23.1. The standard InChI is InChI=1S/C18H22N4O3S/c1-12-10-16(17(23)21-15-8-9-26(24,25)11-15)22-18(19-12)20-13(2)14-6-4-3-5-7-14/h3-7,10,13,15H,8-9,11H2,1-2H3,(H,21,23)(H,19,20,22). The molecule has 2 N–H and O–H groups in total. The molecular formula is C18H22N4O3S. The van der Waals surface area contributed by atoms with Gasteiger partial charge in [0.2, 0.25) is 5.95 Å². The fourth-order valence-electron chi connectivity index (χ4n) is 2.94. The van der Waals surface area contributed by atoms with E-state index >= 15 is 0 Å². The van der Waals surface area contributed by atoms with E-state index in [1.165, 1.54) is 0 Å². The molecule has 2 heterocycles. The monoisotopic (exact) mass is 374 g/mol. The number of sulfone groups is 1. The van der Waals surface area contributed by atoms with E-state index in [4.69, 9.17) is 0 Å². The number of aryl methyl sites for hydroxylation is 1. The lowest BCUT2D eigenvalue weighted by atomic mass is 10.1. The fourth-order valence-corrected chi connectivity index (χ4v) is 4.61. The van der Waals surface area contributed by atoms with Crippen LogP contribution in [0, 0.1) is 6.92 Å². The Morgan fingerprint density at radius 2 is 1.96 bits per heavy atom. The first-order valence-electron chi connectivity index (χ1n) is 8.51. The van der Waals surface area contributed by atoms with E-state index < -0.39 is 9.84 Å². The highest BCUT2D eigenvalue weighted by atomic mass is 32.2. The molecule has 1 aliphatic rings. The normalized spacial score (nSPS) is 19.7. The maximum Gasteiger partial charge on any atom is 0.270 e. The van der Waals surface area contributed by atoms with Crippen LogP contribution < -0.4 is 10.6 Å². The zero-order valence-corrected chi connectivity index (χ0v) is 15.6. The van der Waals surface area contributed by atoms with Gasteiger partial charge >= 0.3 is 0 Å². The Kier molecular flexibility index (Phi) is 5.22. The van der Waals surface area contributed by atoms with Crippen LogP contribution in [0.15, 0.2) is 36.4 Å². The summed E-state index contributed by atoms with van der Waals surface area (Å²) in [7, 11) is -3.05. The molecule has 0 bridgehead atoms. The van der Waals surface area contributed by atoms with Crippen LogP contribution in [-0.2, 0) is 9.84 Å². The van der Waals surface area contributed by atoms with E-state index in [1.807, 2.05) is 37.3 Å². The Morgan fingerprint density at radius 1 is 1.23 bits per heavy atom. The summed E-state index contributed by atoms with van der Waals surface area (Å²) >= 11 is 0. The summed E-state index contributed by atoms with van der Waals surface area (Å²) in [6.07, 6.45) is 0.439. The molecule has 0 radical (unpaired) electrons. The zero-order chi connectivity index (χ0) is 18.7. The SMILES string of the molecule is Cc1cc(C(=O)NC2CCS(=O)(=O)C2)nc(NC(C)c2ccccc2)n1. The third-order valence-corrected chi connectivity index (χ3v) is 6.07. The second kappa shape index (κ2) is 7.41. The minimum absolute atomic E-state index is 0.0149. The molecule has 3 rings (SSSR count). The fraction of sp³-hybridized carbons (Fsp3) is 0.389. The molecule has 1 amide bonds. The highest BCUT2D eigenvalue weighted by molar-refractivity contribution is 7.91. The summed E-state index contributed by atoms with van der Waals surface area (Å²) in [5, 5.41) is 5.96.